The predicted octanol–water partition coefficient (Wildman–Crippen LogP) is 5.51. The molecule has 1 N–H and O–H groups in total. The summed E-state index contributed by atoms with van der Waals surface area (Å²) in [4.78, 5) is 30.6. The Balaban J connectivity index is 1.53. The minimum Gasteiger partial charge on any atom is -0.463 e. The lowest BCUT2D eigenvalue weighted by Crippen LogP contribution is -2.65. The SMILES string of the molecule is CSc1cccc(N2C(=O)c3cc(-c4ccco4)nn3CC2(C)C(=O)NC2CCCCCCC2)c1. The summed E-state index contributed by atoms with van der Waals surface area (Å²) in [5.41, 5.74) is 0.614. The number of hydrogen-bond acceptors (Lipinski definition) is 5. The summed E-state index contributed by atoms with van der Waals surface area (Å²) in [6, 6.07) is 13.3. The van der Waals surface area contributed by atoms with Crippen molar-refractivity contribution in [2.75, 3.05) is 11.2 Å². The largest absolute Gasteiger partial charge is 0.463 e. The van der Waals surface area contributed by atoms with Gasteiger partial charge >= 0.3 is 0 Å². The van der Waals surface area contributed by atoms with E-state index in [2.05, 4.69) is 10.4 Å². The monoisotopic (exact) mass is 492 g/mol. The predicted molar refractivity (Wildman–Crippen MR) is 138 cm³/mol. The average Bonchev–Trinajstić information content (AvgIpc) is 3.51. The van der Waals surface area contributed by atoms with E-state index in [-0.39, 0.29) is 24.4 Å². The molecular weight excluding hydrogens is 460 g/mol. The van der Waals surface area contributed by atoms with E-state index in [9.17, 15) is 9.59 Å². The van der Waals surface area contributed by atoms with Crippen LogP contribution < -0.4 is 10.2 Å². The third-order valence-corrected chi connectivity index (χ3v) is 7.89. The topological polar surface area (TPSA) is 80.4 Å². The Kier molecular flexibility index (Phi) is 6.73. The first kappa shape index (κ1) is 23.7. The molecule has 1 unspecified atom stereocenters. The molecule has 0 radical (unpaired) electrons. The van der Waals surface area contributed by atoms with Crippen LogP contribution in [0.25, 0.3) is 11.5 Å². The van der Waals surface area contributed by atoms with Crippen molar-refractivity contribution in [1.82, 2.24) is 15.1 Å². The summed E-state index contributed by atoms with van der Waals surface area (Å²) >= 11 is 1.61. The van der Waals surface area contributed by atoms with Crippen LogP contribution in [0.2, 0.25) is 0 Å². The number of carbonyl (C=O) groups excluding carboxylic acids is 2. The second-order valence-electron chi connectivity index (χ2n) is 9.68. The number of rotatable bonds is 5. The van der Waals surface area contributed by atoms with Crippen LogP contribution in [0, 0.1) is 0 Å². The Labute approximate surface area is 210 Å². The summed E-state index contributed by atoms with van der Waals surface area (Å²) in [5, 5.41) is 7.96. The maximum atomic E-state index is 14.0. The summed E-state index contributed by atoms with van der Waals surface area (Å²) in [6.45, 7) is 2.11. The summed E-state index contributed by atoms with van der Waals surface area (Å²) in [6.07, 6.45) is 11.5. The molecule has 0 spiro atoms. The summed E-state index contributed by atoms with van der Waals surface area (Å²) < 4.78 is 7.17. The standard InChI is InChI=1S/C27H32N4O3S/c1-27(26(33)28-19-10-6-4-3-5-7-11-19)18-30-23(17-22(29-30)24-14-9-15-34-24)25(32)31(27)20-12-8-13-21(16-20)35-2/h8-9,12-17,19H,3-7,10-11,18H2,1-2H3,(H,28,33). The minimum atomic E-state index is -1.13. The fourth-order valence-electron chi connectivity index (χ4n) is 5.22. The number of carbonyl (C=O) groups is 2. The van der Waals surface area contributed by atoms with Gasteiger partial charge in [-0.15, -0.1) is 11.8 Å². The van der Waals surface area contributed by atoms with Gasteiger partial charge in [-0.1, -0.05) is 38.2 Å². The number of benzene rings is 1. The number of furan rings is 1. The summed E-state index contributed by atoms with van der Waals surface area (Å²) in [5.74, 6) is 0.220. The smallest absolute Gasteiger partial charge is 0.277 e. The molecule has 2 aliphatic rings. The molecule has 184 valence electrons. The van der Waals surface area contributed by atoms with E-state index in [4.69, 9.17) is 4.42 Å². The lowest BCUT2D eigenvalue weighted by molar-refractivity contribution is -0.127. The van der Waals surface area contributed by atoms with Crippen molar-refractivity contribution in [1.29, 1.82) is 0 Å². The molecule has 1 aliphatic heterocycles. The van der Waals surface area contributed by atoms with Crippen molar-refractivity contribution in [2.24, 2.45) is 0 Å². The lowest BCUT2D eigenvalue weighted by atomic mass is 9.91. The minimum absolute atomic E-state index is 0.131. The number of hydrogen-bond donors (Lipinski definition) is 1. The molecule has 5 rings (SSSR count). The molecule has 1 fully saturated rings. The molecule has 3 heterocycles. The highest BCUT2D eigenvalue weighted by molar-refractivity contribution is 7.98. The summed E-state index contributed by atoms with van der Waals surface area (Å²) in [7, 11) is 0. The number of amides is 2. The van der Waals surface area contributed by atoms with Crippen molar-refractivity contribution in [3.05, 3.63) is 54.4 Å². The van der Waals surface area contributed by atoms with Crippen molar-refractivity contribution < 1.29 is 14.0 Å². The normalized spacial score (nSPS) is 21.3. The van der Waals surface area contributed by atoms with E-state index in [1.807, 2.05) is 43.5 Å². The van der Waals surface area contributed by atoms with Gasteiger partial charge in [-0.2, -0.15) is 5.10 Å². The highest BCUT2D eigenvalue weighted by atomic mass is 32.2. The quantitative estimate of drug-likeness (QED) is 0.475. The Hall–Kier alpha value is -3.00. The molecule has 1 saturated carbocycles. The highest BCUT2D eigenvalue weighted by Crippen LogP contribution is 2.36. The van der Waals surface area contributed by atoms with E-state index < -0.39 is 5.54 Å². The fourth-order valence-corrected chi connectivity index (χ4v) is 5.67. The molecular formula is C27H32N4O3S. The van der Waals surface area contributed by atoms with Crippen LogP contribution in [0.15, 0.2) is 58.0 Å². The first-order chi connectivity index (χ1) is 17.0. The molecule has 2 aromatic heterocycles. The number of fused-ring (bicyclic) bond motifs is 1. The van der Waals surface area contributed by atoms with Gasteiger partial charge in [0.1, 0.15) is 16.9 Å². The molecule has 8 heteroatoms. The lowest BCUT2D eigenvalue weighted by Gasteiger charge is -2.44. The Morgan fingerprint density at radius 2 is 1.89 bits per heavy atom. The highest BCUT2D eigenvalue weighted by Gasteiger charge is 2.49. The molecule has 1 atom stereocenters. The van der Waals surface area contributed by atoms with Gasteiger partial charge in [-0.3, -0.25) is 19.2 Å². The zero-order chi connectivity index (χ0) is 24.4. The zero-order valence-corrected chi connectivity index (χ0v) is 21.1. The first-order valence-electron chi connectivity index (χ1n) is 12.4. The van der Waals surface area contributed by atoms with Gasteiger partial charge in [0.25, 0.3) is 5.91 Å². The number of thioether (sulfide) groups is 1. The molecule has 7 nitrogen and oxygen atoms in total. The molecule has 3 aromatic rings. The third kappa shape index (κ3) is 4.63. The Morgan fingerprint density at radius 1 is 1.11 bits per heavy atom. The van der Waals surface area contributed by atoms with Gasteiger partial charge < -0.3 is 9.73 Å². The number of anilines is 1. The molecule has 35 heavy (non-hydrogen) atoms. The maximum absolute atomic E-state index is 14.0. The third-order valence-electron chi connectivity index (χ3n) is 7.17. The molecule has 1 aromatic carbocycles. The molecule has 1 aliphatic carbocycles. The van der Waals surface area contributed by atoms with Gasteiger partial charge in [0.2, 0.25) is 5.91 Å². The Bertz CT molecular complexity index is 1200. The van der Waals surface area contributed by atoms with E-state index in [1.54, 1.807) is 39.7 Å². The van der Waals surface area contributed by atoms with Crippen molar-refractivity contribution in [3.8, 4) is 11.5 Å². The van der Waals surface area contributed by atoms with Crippen LogP contribution in [0.5, 0.6) is 0 Å². The maximum Gasteiger partial charge on any atom is 0.277 e. The molecule has 2 amide bonds. The van der Waals surface area contributed by atoms with Crippen LogP contribution in [0.3, 0.4) is 0 Å². The fraction of sp³-hybridized carbons (Fsp3) is 0.444. The average molecular weight is 493 g/mol. The second-order valence-corrected chi connectivity index (χ2v) is 10.6. The first-order valence-corrected chi connectivity index (χ1v) is 13.6. The van der Waals surface area contributed by atoms with Crippen LogP contribution in [-0.4, -0.2) is 39.4 Å². The van der Waals surface area contributed by atoms with E-state index in [0.717, 1.165) is 30.6 Å². The van der Waals surface area contributed by atoms with Crippen LogP contribution in [0.4, 0.5) is 5.69 Å². The number of nitrogens with one attached hydrogen (secondary N) is 1. The zero-order valence-electron chi connectivity index (χ0n) is 20.3. The van der Waals surface area contributed by atoms with Crippen molar-refractivity contribution in [2.45, 2.75) is 74.9 Å². The van der Waals surface area contributed by atoms with E-state index in [1.165, 1.54) is 19.3 Å². The van der Waals surface area contributed by atoms with E-state index in [0.29, 0.717) is 22.8 Å². The van der Waals surface area contributed by atoms with Crippen LogP contribution in [0.1, 0.15) is 62.4 Å². The van der Waals surface area contributed by atoms with Crippen LogP contribution >= 0.6 is 11.8 Å². The Morgan fingerprint density at radius 3 is 2.60 bits per heavy atom. The van der Waals surface area contributed by atoms with Crippen molar-refractivity contribution >= 4 is 29.3 Å². The van der Waals surface area contributed by atoms with Crippen LogP contribution in [-0.2, 0) is 11.3 Å². The van der Waals surface area contributed by atoms with Crippen molar-refractivity contribution in [3.63, 3.8) is 0 Å². The van der Waals surface area contributed by atoms with Gasteiger partial charge in [0.15, 0.2) is 5.76 Å². The number of nitrogens with zero attached hydrogens (tertiary/aromatic N) is 3. The van der Waals surface area contributed by atoms with Gasteiger partial charge in [0.05, 0.1) is 12.8 Å². The van der Waals surface area contributed by atoms with Gasteiger partial charge in [-0.25, -0.2) is 0 Å². The van der Waals surface area contributed by atoms with Gasteiger partial charge in [-0.05, 0) is 56.4 Å². The number of aromatic nitrogens is 2. The molecule has 0 bridgehead atoms. The van der Waals surface area contributed by atoms with Gasteiger partial charge in [0, 0.05) is 22.7 Å². The second kappa shape index (κ2) is 9.93. The molecule has 0 saturated heterocycles. The van der Waals surface area contributed by atoms with E-state index >= 15 is 0 Å².